The molecule has 1 aliphatic carbocycles. The number of rotatable bonds is 3. The van der Waals surface area contributed by atoms with Crippen molar-refractivity contribution in [2.75, 3.05) is 40.3 Å². The van der Waals surface area contributed by atoms with E-state index < -0.39 is 0 Å². The van der Waals surface area contributed by atoms with E-state index in [2.05, 4.69) is 27.6 Å². The number of hydrogen-bond acceptors (Lipinski definition) is 3. The molecular weight excluding hydrogens is 228 g/mol. The first-order chi connectivity index (χ1) is 8.78. The van der Waals surface area contributed by atoms with Gasteiger partial charge in [0, 0.05) is 32.7 Å². The minimum Gasteiger partial charge on any atom is -0.374 e. The van der Waals surface area contributed by atoms with Gasteiger partial charge in [0.1, 0.15) is 0 Å². The standard InChI is InChI=1S/C13H26N4O/c1-14-13(16-11-5-3-4-6-11)15-9-12-10-17(2)7-8-18-12/h11-12H,3-10H2,1-2H3,(H2,14,15,16). The van der Waals surface area contributed by atoms with Gasteiger partial charge in [-0.3, -0.25) is 4.99 Å². The first-order valence-corrected chi connectivity index (χ1v) is 7.05. The summed E-state index contributed by atoms with van der Waals surface area (Å²) in [5, 5.41) is 6.86. The minimum absolute atomic E-state index is 0.269. The van der Waals surface area contributed by atoms with Crippen LogP contribution in [0.15, 0.2) is 4.99 Å². The van der Waals surface area contributed by atoms with Crippen molar-refractivity contribution >= 4 is 5.96 Å². The largest absolute Gasteiger partial charge is 0.374 e. The summed E-state index contributed by atoms with van der Waals surface area (Å²) in [6.45, 7) is 3.69. The summed E-state index contributed by atoms with van der Waals surface area (Å²) in [5.41, 5.74) is 0. The zero-order valence-corrected chi connectivity index (χ0v) is 11.6. The average molecular weight is 254 g/mol. The molecule has 0 aromatic carbocycles. The van der Waals surface area contributed by atoms with Crippen molar-refractivity contribution in [2.24, 2.45) is 4.99 Å². The Labute approximate surface area is 110 Å². The van der Waals surface area contributed by atoms with Crippen LogP contribution in [0.4, 0.5) is 0 Å². The molecule has 2 fully saturated rings. The fourth-order valence-electron chi connectivity index (χ4n) is 2.66. The van der Waals surface area contributed by atoms with E-state index in [1.165, 1.54) is 25.7 Å². The highest BCUT2D eigenvalue weighted by Crippen LogP contribution is 2.17. The molecule has 2 N–H and O–H groups in total. The average Bonchev–Trinajstić information content (AvgIpc) is 2.87. The van der Waals surface area contributed by atoms with Crippen molar-refractivity contribution in [1.29, 1.82) is 0 Å². The highest BCUT2D eigenvalue weighted by atomic mass is 16.5. The smallest absolute Gasteiger partial charge is 0.191 e. The van der Waals surface area contributed by atoms with Crippen LogP contribution in [0.1, 0.15) is 25.7 Å². The normalized spacial score (nSPS) is 27.4. The molecule has 1 unspecified atom stereocenters. The molecule has 2 aliphatic rings. The molecule has 0 amide bonds. The lowest BCUT2D eigenvalue weighted by atomic mass is 10.2. The zero-order chi connectivity index (χ0) is 12.8. The van der Waals surface area contributed by atoms with Crippen molar-refractivity contribution in [3.8, 4) is 0 Å². The number of morpholine rings is 1. The van der Waals surface area contributed by atoms with Crippen molar-refractivity contribution in [3.63, 3.8) is 0 Å². The molecule has 1 aliphatic heterocycles. The van der Waals surface area contributed by atoms with Gasteiger partial charge in [0.15, 0.2) is 5.96 Å². The van der Waals surface area contributed by atoms with Gasteiger partial charge in [0.2, 0.25) is 0 Å². The van der Waals surface area contributed by atoms with Crippen LogP contribution in [0.5, 0.6) is 0 Å². The molecule has 0 spiro atoms. The van der Waals surface area contributed by atoms with Crippen LogP contribution in [-0.2, 0) is 4.74 Å². The van der Waals surface area contributed by atoms with Crippen LogP contribution >= 0.6 is 0 Å². The molecule has 1 atom stereocenters. The van der Waals surface area contributed by atoms with Gasteiger partial charge in [0.05, 0.1) is 12.7 Å². The van der Waals surface area contributed by atoms with Crippen molar-refractivity contribution in [1.82, 2.24) is 15.5 Å². The molecule has 2 rings (SSSR count). The summed E-state index contributed by atoms with van der Waals surface area (Å²) >= 11 is 0. The maximum Gasteiger partial charge on any atom is 0.191 e. The van der Waals surface area contributed by atoms with Gasteiger partial charge in [-0.15, -0.1) is 0 Å². The molecule has 1 saturated carbocycles. The van der Waals surface area contributed by atoms with Gasteiger partial charge in [-0.25, -0.2) is 0 Å². The minimum atomic E-state index is 0.269. The summed E-state index contributed by atoms with van der Waals surface area (Å²) in [5.74, 6) is 0.915. The number of aliphatic imine (C=N–C) groups is 1. The van der Waals surface area contributed by atoms with E-state index in [4.69, 9.17) is 4.74 Å². The van der Waals surface area contributed by atoms with Gasteiger partial charge in [-0.2, -0.15) is 0 Å². The van der Waals surface area contributed by atoms with Gasteiger partial charge >= 0.3 is 0 Å². The quantitative estimate of drug-likeness (QED) is 0.566. The molecule has 5 heteroatoms. The zero-order valence-electron chi connectivity index (χ0n) is 11.6. The monoisotopic (exact) mass is 254 g/mol. The Morgan fingerprint density at radius 1 is 1.39 bits per heavy atom. The lowest BCUT2D eigenvalue weighted by Gasteiger charge is -2.30. The van der Waals surface area contributed by atoms with Crippen molar-refractivity contribution in [2.45, 2.75) is 37.8 Å². The van der Waals surface area contributed by atoms with Crippen LogP contribution in [-0.4, -0.2) is 63.3 Å². The third-order valence-electron chi connectivity index (χ3n) is 3.76. The van der Waals surface area contributed by atoms with E-state index in [1.54, 1.807) is 0 Å². The number of nitrogens with zero attached hydrogens (tertiary/aromatic N) is 2. The molecule has 104 valence electrons. The lowest BCUT2D eigenvalue weighted by Crippen LogP contribution is -2.49. The number of hydrogen-bond donors (Lipinski definition) is 2. The molecule has 18 heavy (non-hydrogen) atoms. The SMILES string of the molecule is CN=C(NCC1CN(C)CCO1)NC1CCCC1. The van der Waals surface area contributed by atoms with Crippen LogP contribution in [0.25, 0.3) is 0 Å². The van der Waals surface area contributed by atoms with E-state index >= 15 is 0 Å². The molecule has 1 saturated heterocycles. The first kappa shape index (κ1) is 13.6. The highest BCUT2D eigenvalue weighted by molar-refractivity contribution is 5.80. The van der Waals surface area contributed by atoms with Crippen LogP contribution in [0.2, 0.25) is 0 Å². The van der Waals surface area contributed by atoms with E-state index in [0.29, 0.717) is 6.04 Å². The van der Waals surface area contributed by atoms with Crippen molar-refractivity contribution in [3.05, 3.63) is 0 Å². The van der Waals surface area contributed by atoms with Gasteiger partial charge < -0.3 is 20.3 Å². The van der Waals surface area contributed by atoms with E-state index in [9.17, 15) is 0 Å². The molecule has 1 heterocycles. The summed E-state index contributed by atoms with van der Waals surface area (Å²) in [7, 11) is 3.97. The molecule has 0 radical (unpaired) electrons. The second-order valence-electron chi connectivity index (χ2n) is 5.33. The third kappa shape index (κ3) is 4.14. The maximum atomic E-state index is 5.73. The van der Waals surface area contributed by atoms with Crippen LogP contribution in [0, 0.1) is 0 Å². The fraction of sp³-hybridized carbons (Fsp3) is 0.923. The van der Waals surface area contributed by atoms with E-state index in [-0.39, 0.29) is 6.10 Å². The molecular formula is C13H26N4O. The van der Waals surface area contributed by atoms with E-state index in [0.717, 1.165) is 32.2 Å². The Balaban J connectivity index is 1.69. The predicted molar refractivity (Wildman–Crippen MR) is 74.0 cm³/mol. The maximum absolute atomic E-state index is 5.73. The third-order valence-corrected chi connectivity index (χ3v) is 3.76. The Morgan fingerprint density at radius 2 is 2.17 bits per heavy atom. The summed E-state index contributed by atoms with van der Waals surface area (Å²) < 4.78 is 5.73. The summed E-state index contributed by atoms with van der Waals surface area (Å²) in [6, 6.07) is 0.603. The Hall–Kier alpha value is -0.810. The molecule has 0 aromatic heterocycles. The fourth-order valence-corrected chi connectivity index (χ4v) is 2.66. The summed E-state index contributed by atoms with van der Waals surface area (Å²) in [4.78, 5) is 6.59. The lowest BCUT2D eigenvalue weighted by molar-refractivity contribution is -0.0161. The van der Waals surface area contributed by atoms with Gasteiger partial charge in [-0.05, 0) is 19.9 Å². The Bertz CT molecular complexity index is 276. The number of ether oxygens (including phenoxy) is 1. The van der Waals surface area contributed by atoms with Crippen molar-refractivity contribution < 1.29 is 4.74 Å². The second-order valence-corrected chi connectivity index (χ2v) is 5.33. The number of nitrogens with one attached hydrogen (secondary N) is 2. The first-order valence-electron chi connectivity index (χ1n) is 7.05. The van der Waals surface area contributed by atoms with E-state index in [1.807, 2.05) is 7.05 Å². The molecule has 5 nitrogen and oxygen atoms in total. The topological polar surface area (TPSA) is 48.9 Å². The Kier molecular flexibility index (Phi) is 5.26. The summed E-state index contributed by atoms with van der Waals surface area (Å²) in [6.07, 6.45) is 5.48. The number of likely N-dealkylation sites (N-methyl/N-ethyl adjacent to an activating group) is 1. The van der Waals surface area contributed by atoms with Crippen LogP contribution in [0.3, 0.4) is 0 Å². The second kappa shape index (κ2) is 6.95. The highest BCUT2D eigenvalue weighted by Gasteiger charge is 2.19. The Morgan fingerprint density at radius 3 is 2.83 bits per heavy atom. The number of guanidine groups is 1. The predicted octanol–water partition coefficient (Wildman–Crippen LogP) is 0.425. The van der Waals surface area contributed by atoms with Crippen LogP contribution < -0.4 is 10.6 Å². The van der Waals surface area contributed by atoms with Gasteiger partial charge in [0.25, 0.3) is 0 Å². The molecule has 0 bridgehead atoms. The van der Waals surface area contributed by atoms with Gasteiger partial charge in [-0.1, -0.05) is 12.8 Å². The molecule has 0 aromatic rings.